The van der Waals surface area contributed by atoms with E-state index in [1.807, 2.05) is 30.3 Å². The largest absolute Gasteiger partial charge is 0.478 e. The number of hydrogen-bond donors (Lipinski definition) is 2. The fraction of sp³-hybridized carbons (Fsp3) is 0.143. The summed E-state index contributed by atoms with van der Waals surface area (Å²) >= 11 is 1.45. The third-order valence-corrected chi connectivity index (χ3v) is 3.79. The van der Waals surface area contributed by atoms with Crippen molar-refractivity contribution in [1.29, 1.82) is 0 Å². The lowest BCUT2D eigenvalue weighted by Gasteiger charge is -2.01. The van der Waals surface area contributed by atoms with Crippen LogP contribution in [-0.4, -0.2) is 23.1 Å². The number of allylic oxidation sites excluding steroid dienone is 1. The second kappa shape index (κ2) is 5.67. The maximum Gasteiger partial charge on any atom is 0.328 e. The summed E-state index contributed by atoms with van der Waals surface area (Å²) in [5.41, 5.74) is 2.49. The van der Waals surface area contributed by atoms with Gasteiger partial charge in [-0.2, -0.15) is 0 Å². The maximum absolute atomic E-state index is 10.8. The van der Waals surface area contributed by atoms with Crippen molar-refractivity contribution in [3.05, 3.63) is 41.3 Å². The van der Waals surface area contributed by atoms with Gasteiger partial charge in [0.05, 0.1) is 10.6 Å². The lowest BCUT2D eigenvalue weighted by atomic mass is 10.1. The van der Waals surface area contributed by atoms with Crippen molar-refractivity contribution in [1.82, 2.24) is 4.98 Å². The first kappa shape index (κ1) is 13.3. The number of thiazole rings is 1. The summed E-state index contributed by atoms with van der Waals surface area (Å²) in [6, 6.07) is 9.74. The Morgan fingerprint density at radius 1 is 1.37 bits per heavy atom. The zero-order valence-electron chi connectivity index (χ0n) is 10.7. The van der Waals surface area contributed by atoms with E-state index in [2.05, 4.69) is 10.3 Å². The molecule has 2 rings (SSSR count). The highest BCUT2D eigenvalue weighted by Gasteiger charge is 2.14. The van der Waals surface area contributed by atoms with E-state index in [1.165, 1.54) is 17.4 Å². The molecule has 98 valence electrons. The normalized spacial score (nSPS) is 11.4. The average molecular weight is 274 g/mol. The predicted octanol–water partition coefficient (Wildman–Crippen LogP) is 3.34. The molecule has 0 bridgehead atoms. The summed E-state index contributed by atoms with van der Waals surface area (Å²) in [6.45, 7) is 1.79. The van der Waals surface area contributed by atoms with Gasteiger partial charge < -0.3 is 10.4 Å². The third-order valence-electron chi connectivity index (χ3n) is 2.59. The Labute approximate surface area is 115 Å². The molecular weight excluding hydrogens is 260 g/mol. The SMILES string of the molecule is CNc1nc(-c2ccccc2)c(/C(C)=C/C(=O)O)s1. The second-order valence-corrected chi connectivity index (χ2v) is 4.98. The van der Waals surface area contributed by atoms with Gasteiger partial charge in [-0.25, -0.2) is 9.78 Å². The van der Waals surface area contributed by atoms with Gasteiger partial charge in [-0.15, -0.1) is 0 Å². The number of nitrogens with one attached hydrogen (secondary N) is 1. The van der Waals surface area contributed by atoms with Crippen LogP contribution in [0.25, 0.3) is 16.8 Å². The minimum atomic E-state index is -0.948. The van der Waals surface area contributed by atoms with Crippen LogP contribution in [0, 0.1) is 0 Å². The van der Waals surface area contributed by atoms with Crippen LogP contribution in [0.2, 0.25) is 0 Å². The Morgan fingerprint density at radius 2 is 2.05 bits per heavy atom. The van der Waals surface area contributed by atoms with Crippen molar-refractivity contribution in [2.45, 2.75) is 6.92 Å². The zero-order valence-corrected chi connectivity index (χ0v) is 11.5. The highest BCUT2D eigenvalue weighted by molar-refractivity contribution is 7.17. The molecule has 0 saturated carbocycles. The molecule has 0 aliphatic heterocycles. The first-order chi connectivity index (χ1) is 9.11. The minimum absolute atomic E-state index is 0.699. The molecule has 0 aliphatic rings. The lowest BCUT2D eigenvalue weighted by Crippen LogP contribution is -1.90. The molecule has 4 nitrogen and oxygen atoms in total. The second-order valence-electron chi connectivity index (χ2n) is 3.98. The van der Waals surface area contributed by atoms with E-state index in [4.69, 9.17) is 5.11 Å². The zero-order chi connectivity index (χ0) is 13.8. The molecule has 0 saturated heterocycles. The van der Waals surface area contributed by atoms with Crippen LogP contribution in [0.4, 0.5) is 5.13 Å². The standard InChI is InChI=1S/C14H14N2O2S/c1-9(8-11(17)18)13-12(16-14(15-2)19-13)10-6-4-3-5-7-10/h3-8H,1-2H3,(H,15,16)(H,17,18)/b9-8+. The Bertz CT molecular complexity index is 618. The molecule has 1 aromatic carbocycles. The highest BCUT2D eigenvalue weighted by Crippen LogP contribution is 2.35. The summed E-state index contributed by atoms with van der Waals surface area (Å²) in [4.78, 5) is 16.2. The van der Waals surface area contributed by atoms with E-state index in [1.54, 1.807) is 14.0 Å². The van der Waals surface area contributed by atoms with Gasteiger partial charge in [0.25, 0.3) is 0 Å². The van der Waals surface area contributed by atoms with Crippen molar-refractivity contribution in [3.8, 4) is 11.3 Å². The molecule has 0 spiro atoms. The Kier molecular flexibility index (Phi) is 3.97. The van der Waals surface area contributed by atoms with Gasteiger partial charge in [0.2, 0.25) is 0 Å². The maximum atomic E-state index is 10.8. The molecule has 19 heavy (non-hydrogen) atoms. The van der Waals surface area contributed by atoms with E-state index < -0.39 is 5.97 Å². The van der Waals surface area contributed by atoms with Crippen LogP contribution in [-0.2, 0) is 4.79 Å². The molecule has 0 aliphatic carbocycles. The van der Waals surface area contributed by atoms with E-state index in [0.717, 1.165) is 21.3 Å². The number of carboxylic acid groups (broad SMARTS) is 1. The third kappa shape index (κ3) is 3.00. The molecule has 0 amide bonds. The van der Waals surface area contributed by atoms with Crippen molar-refractivity contribution in [2.75, 3.05) is 12.4 Å². The number of nitrogens with zero attached hydrogens (tertiary/aromatic N) is 1. The number of benzene rings is 1. The first-order valence-corrected chi connectivity index (χ1v) is 6.59. The van der Waals surface area contributed by atoms with Gasteiger partial charge in [0, 0.05) is 18.7 Å². The number of aromatic nitrogens is 1. The fourth-order valence-corrected chi connectivity index (χ4v) is 2.65. The Morgan fingerprint density at radius 3 is 2.63 bits per heavy atom. The van der Waals surface area contributed by atoms with Gasteiger partial charge in [-0.05, 0) is 12.5 Å². The van der Waals surface area contributed by atoms with Crippen LogP contribution < -0.4 is 5.32 Å². The van der Waals surface area contributed by atoms with Crippen molar-refractivity contribution >= 4 is 28.0 Å². The van der Waals surface area contributed by atoms with Crippen molar-refractivity contribution in [2.24, 2.45) is 0 Å². The number of hydrogen-bond acceptors (Lipinski definition) is 4. The van der Waals surface area contributed by atoms with Crippen LogP contribution >= 0.6 is 11.3 Å². The van der Waals surface area contributed by atoms with Crippen molar-refractivity contribution < 1.29 is 9.90 Å². The average Bonchev–Trinajstić information content (AvgIpc) is 2.83. The topological polar surface area (TPSA) is 62.2 Å². The van der Waals surface area contributed by atoms with Gasteiger partial charge in [0.1, 0.15) is 0 Å². The molecule has 1 heterocycles. The summed E-state index contributed by atoms with van der Waals surface area (Å²) < 4.78 is 0. The fourth-order valence-electron chi connectivity index (χ4n) is 1.74. The molecule has 0 atom stereocenters. The minimum Gasteiger partial charge on any atom is -0.478 e. The number of aliphatic carboxylic acids is 1. The van der Waals surface area contributed by atoms with Gasteiger partial charge in [0.15, 0.2) is 5.13 Å². The first-order valence-electron chi connectivity index (χ1n) is 5.77. The van der Waals surface area contributed by atoms with Gasteiger partial charge in [-0.3, -0.25) is 0 Å². The summed E-state index contributed by atoms with van der Waals surface area (Å²) in [7, 11) is 1.80. The smallest absolute Gasteiger partial charge is 0.328 e. The molecule has 2 N–H and O–H groups in total. The van der Waals surface area contributed by atoms with Crippen molar-refractivity contribution in [3.63, 3.8) is 0 Å². The molecule has 5 heteroatoms. The molecule has 0 radical (unpaired) electrons. The molecule has 2 aromatic rings. The number of carboxylic acids is 1. The predicted molar refractivity (Wildman–Crippen MR) is 78.4 cm³/mol. The molecule has 1 aromatic heterocycles. The Balaban J connectivity index is 2.55. The van der Waals surface area contributed by atoms with Crippen LogP contribution in [0.3, 0.4) is 0 Å². The molecular formula is C14H14N2O2S. The summed E-state index contributed by atoms with van der Waals surface area (Å²) in [5, 5.41) is 12.6. The quantitative estimate of drug-likeness (QED) is 0.839. The van der Waals surface area contributed by atoms with Crippen LogP contribution in [0.15, 0.2) is 36.4 Å². The monoisotopic (exact) mass is 274 g/mol. The summed E-state index contributed by atoms with van der Waals surface area (Å²) in [5.74, 6) is -0.948. The van der Waals surface area contributed by atoms with Gasteiger partial charge >= 0.3 is 5.97 Å². The van der Waals surface area contributed by atoms with E-state index in [-0.39, 0.29) is 0 Å². The van der Waals surface area contributed by atoms with E-state index in [0.29, 0.717) is 5.57 Å². The molecule has 0 unspecified atom stereocenters. The lowest BCUT2D eigenvalue weighted by molar-refractivity contribution is -0.131. The highest BCUT2D eigenvalue weighted by atomic mass is 32.1. The van der Waals surface area contributed by atoms with Crippen LogP contribution in [0.5, 0.6) is 0 Å². The number of rotatable bonds is 4. The van der Waals surface area contributed by atoms with Gasteiger partial charge in [-0.1, -0.05) is 41.7 Å². The van der Waals surface area contributed by atoms with E-state index >= 15 is 0 Å². The summed E-state index contributed by atoms with van der Waals surface area (Å²) in [6.07, 6.45) is 1.21. The number of anilines is 1. The number of carbonyl (C=O) groups is 1. The Hall–Kier alpha value is -2.14. The van der Waals surface area contributed by atoms with E-state index in [9.17, 15) is 4.79 Å². The van der Waals surface area contributed by atoms with Crippen LogP contribution in [0.1, 0.15) is 11.8 Å². The molecule has 0 fully saturated rings.